The maximum absolute atomic E-state index is 14.2. The number of amides is 3. The summed E-state index contributed by atoms with van der Waals surface area (Å²) in [5.41, 5.74) is -1.09. The van der Waals surface area contributed by atoms with Crippen LogP contribution in [0.4, 0.5) is 39.5 Å². The fraction of sp³-hybridized carbons (Fsp3) is 0.722. The van der Waals surface area contributed by atoms with Gasteiger partial charge in [0, 0.05) is 89.9 Å². The van der Waals surface area contributed by atoms with Gasteiger partial charge < -0.3 is 29.5 Å². The number of carbonyl (C=O) groups is 3. The zero-order valence-electron chi connectivity index (χ0n) is 46.1. The number of ether oxygens (including phenoxy) is 2. The lowest BCUT2D eigenvalue weighted by Crippen LogP contribution is -2.54. The van der Waals surface area contributed by atoms with Crippen molar-refractivity contribution in [1.29, 1.82) is 0 Å². The second-order valence-corrected chi connectivity index (χ2v) is 26.9. The highest BCUT2D eigenvalue weighted by Crippen LogP contribution is 2.50. The van der Waals surface area contributed by atoms with Gasteiger partial charge in [-0.1, -0.05) is 27.7 Å². The van der Waals surface area contributed by atoms with Crippen molar-refractivity contribution >= 4 is 37.8 Å². The third-order valence-corrected chi connectivity index (χ3v) is 18.8. The molecular weight excluding hydrogens is 1110 g/mol. The fourth-order valence-corrected chi connectivity index (χ4v) is 13.8. The number of sulfonamides is 2. The Balaban J connectivity index is 0.000000234. The Morgan fingerprint density at radius 3 is 1.45 bits per heavy atom. The van der Waals surface area contributed by atoms with Crippen molar-refractivity contribution in [3.05, 3.63) is 68.8 Å². The molecule has 2 aromatic carbocycles. The Morgan fingerprint density at radius 2 is 1.04 bits per heavy atom. The number of nitrogens with one attached hydrogen (secondary N) is 3. The van der Waals surface area contributed by atoms with Gasteiger partial charge in [-0.2, -0.15) is 39.5 Å². The van der Waals surface area contributed by atoms with Crippen LogP contribution in [-0.2, 0) is 95.3 Å². The van der Waals surface area contributed by atoms with Crippen molar-refractivity contribution in [2.45, 2.75) is 174 Å². The molecule has 4 heterocycles. The Bertz CT molecular complexity index is 2800. The van der Waals surface area contributed by atoms with Crippen LogP contribution < -0.4 is 14.8 Å². The first kappa shape index (κ1) is 63.5. The summed E-state index contributed by atoms with van der Waals surface area (Å²) >= 11 is 0. The van der Waals surface area contributed by atoms with Crippen LogP contribution in [0.15, 0.2) is 24.3 Å². The summed E-state index contributed by atoms with van der Waals surface area (Å²) in [6, 6.07) is 3.13. The Labute approximate surface area is 462 Å². The van der Waals surface area contributed by atoms with Gasteiger partial charge in [-0.05, 0) is 147 Å². The van der Waals surface area contributed by atoms with Crippen LogP contribution in [0.3, 0.4) is 0 Å². The molecule has 450 valence electrons. The molecule has 4 aliphatic heterocycles. The third kappa shape index (κ3) is 15.0. The smallest absolute Gasteiger partial charge is 0.381 e. The van der Waals surface area contributed by atoms with Gasteiger partial charge >= 0.3 is 24.4 Å². The van der Waals surface area contributed by atoms with Gasteiger partial charge in [0.1, 0.15) is 0 Å². The number of rotatable bonds is 14. The van der Waals surface area contributed by atoms with Gasteiger partial charge in [0.2, 0.25) is 31.9 Å². The molecule has 4 atom stereocenters. The van der Waals surface area contributed by atoms with Crippen LogP contribution in [0.1, 0.15) is 136 Å². The molecule has 0 spiro atoms. The van der Waals surface area contributed by atoms with Crippen molar-refractivity contribution in [3.8, 4) is 0 Å². The van der Waals surface area contributed by atoms with E-state index in [1.54, 1.807) is 18.7 Å². The minimum atomic E-state index is -5.08. The number of hydrogen-bond acceptors (Lipinski definition) is 10. The number of alkyl halides is 9. The van der Waals surface area contributed by atoms with Crippen molar-refractivity contribution < 1.29 is 80.2 Å². The highest BCUT2D eigenvalue weighted by molar-refractivity contribution is 7.88. The predicted octanol–water partition coefficient (Wildman–Crippen LogP) is 8.01. The minimum absolute atomic E-state index is 0.0117. The monoisotopic (exact) mass is 1190 g/mol. The van der Waals surface area contributed by atoms with Crippen LogP contribution in [-0.4, -0.2) is 132 Å². The molecule has 0 bridgehead atoms. The predicted molar refractivity (Wildman–Crippen MR) is 278 cm³/mol. The van der Waals surface area contributed by atoms with E-state index in [1.165, 1.54) is 4.90 Å². The number of benzene rings is 2. The minimum Gasteiger partial charge on any atom is -0.381 e. The molecule has 3 amide bonds. The normalized spacial score (nSPS) is 24.6. The zero-order chi connectivity index (χ0) is 59.0. The third-order valence-electron chi connectivity index (χ3n) is 17.4. The van der Waals surface area contributed by atoms with Gasteiger partial charge in [-0.3, -0.25) is 14.4 Å². The van der Waals surface area contributed by atoms with E-state index in [4.69, 9.17) is 9.47 Å². The Morgan fingerprint density at radius 1 is 0.613 bits per heavy atom. The summed E-state index contributed by atoms with van der Waals surface area (Å²) in [6.45, 7) is 9.56. The summed E-state index contributed by atoms with van der Waals surface area (Å²) in [5.74, 6) is -2.51. The lowest BCUT2D eigenvalue weighted by molar-refractivity contribution is -0.192. The molecule has 0 unspecified atom stereocenters. The Kier molecular flexibility index (Phi) is 19.6. The van der Waals surface area contributed by atoms with E-state index in [0.29, 0.717) is 41.3 Å². The molecule has 15 nitrogen and oxygen atoms in total. The van der Waals surface area contributed by atoms with Crippen molar-refractivity contribution in [1.82, 2.24) is 29.5 Å². The van der Waals surface area contributed by atoms with Crippen LogP contribution >= 0.6 is 0 Å². The van der Waals surface area contributed by atoms with Gasteiger partial charge in [0.25, 0.3) is 0 Å². The molecule has 26 heteroatoms. The zero-order valence-corrected chi connectivity index (χ0v) is 47.7. The van der Waals surface area contributed by atoms with Crippen LogP contribution in [0.2, 0.25) is 0 Å². The first-order chi connectivity index (χ1) is 37.1. The SMILES string of the molecule is CC(C)[C@]1(C(=O)N2CCc3c(CNS(C)(=O)=O)cc(C(F)(F)F)cc3C2)CC[C@@H](N(C(=O)C(F)(F)F)C2CCOCC2)C1.CC(C)[C@]1(C(=O)N2CCc3c(CNS(C)(=O)=O)cc(C(F)(F)F)cc3C2)CC[C@@H](NC2CCOCC2)C1. The van der Waals surface area contributed by atoms with E-state index < -0.39 is 78.5 Å². The van der Waals surface area contributed by atoms with E-state index in [2.05, 4.69) is 28.6 Å². The molecule has 0 aromatic heterocycles. The molecule has 6 aliphatic rings. The first-order valence-corrected chi connectivity index (χ1v) is 31.1. The largest absolute Gasteiger partial charge is 0.471 e. The quantitative estimate of drug-likeness (QED) is 0.157. The molecule has 2 saturated carbocycles. The molecular formula is C54H75F9N6O9S2. The van der Waals surface area contributed by atoms with E-state index in [9.17, 15) is 70.7 Å². The van der Waals surface area contributed by atoms with E-state index >= 15 is 0 Å². The van der Waals surface area contributed by atoms with Gasteiger partial charge in [0.05, 0.1) is 34.5 Å². The van der Waals surface area contributed by atoms with Gasteiger partial charge in [-0.25, -0.2) is 26.3 Å². The van der Waals surface area contributed by atoms with E-state index in [0.717, 1.165) is 87.0 Å². The van der Waals surface area contributed by atoms with Gasteiger partial charge in [-0.15, -0.1) is 0 Å². The molecule has 3 N–H and O–H groups in total. The van der Waals surface area contributed by atoms with Crippen LogP contribution in [0, 0.1) is 22.7 Å². The second kappa shape index (κ2) is 24.6. The average molecular weight is 1190 g/mol. The summed E-state index contributed by atoms with van der Waals surface area (Å²) in [7, 11) is -7.26. The molecule has 2 aliphatic carbocycles. The Hall–Kier alpha value is -4.08. The highest BCUT2D eigenvalue weighted by atomic mass is 32.2. The molecule has 80 heavy (non-hydrogen) atoms. The van der Waals surface area contributed by atoms with Gasteiger partial charge in [0.15, 0.2) is 0 Å². The maximum Gasteiger partial charge on any atom is 0.471 e. The standard InChI is InChI=1S/C28H37F6N3O5S.C26H38F3N3O4S/c1-17(2)26(8-4-22(14-26)37(25(39)28(32,33)34)21-6-10-42-11-7-21)24(38)36-9-5-23-18(15-35-43(3,40)41)12-20(27(29,30)31)13-19(23)16-36;1-17(2)25(8-4-22(14-25)31-21-6-10-36-11-7-21)24(33)32-9-5-23-18(15-30-37(3,34)35)12-20(26(27,28)29)13-19(23)16-32/h12-13,17,21-22,35H,4-11,14-16H2,1-3H3;12-13,17,21-22,30-31H,4-11,14-16H2,1-3H3/t22-,26+;22-,25+/m11/s1. The summed E-state index contributed by atoms with van der Waals surface area (Å²) in [6.07, 6.45) is -6.71. The molecule has 8 rings (SSSR count). The molecule has 2 saturated heterocycles. The van der Waals surface area contributed by atoms with Crippen LogP contribution in [0.5, 0.6) is 0 Å². The number of halogens is 9. The summed E-state index contributed by atoms with van der Waals surface area (Å²) < 4.78 is 185. The van der Waals surface area contributed by atoms with Crippen molar-refractivity contribution in [2.75, 3.05) is 52.0 Å². The second-order valence-electron chi connectivity index (χ2n) is 23.2. The number of hydrogen-bond donors (Lipinski definition) is 3. The van der Waals surface area contributed by atoms with Crippen LogP contribution in [0.25, 0.3) is 0 Å². The number of fused-ring (bicyclic) bond motifs is 2. The first-order valence-electron chi connectivity index (χ1n) is 27.3. The molecule has 0 radical (unpaired) electrons. The molecule has 2 aromatic rings. The van der Waals surface area contributed by atoms with E-state index in [1.807, 2.05) is 0 Å². The fourth-order valence-electron chi connectivity index (χ4n) is 13.0. The number of nitrogens with zero attached hydrogens (tertiary/aromatic N) is 3. The van der Waals surface area contributed by atoms with Crippen molar-refractivity contribution in [3.63, 3.8) is 0 Å². The summed E-state index contributed by atoms with van der Waals surface area (Å²) in [4.78, 5) is 44.9. The topological polar surface area (TPSA) is 184 Å². The lowest BCUT2D eigenvalue weighted by atomic mass is 9.73. The lowest BCUT2D eigenvalue weighted by Gasteiger charge is -2.42. The number of carbonyl (C=O) groups excluding carboxylic acids is 3. The highest BCUT2D eigenvalue weighted by Gasteiger charge is 2.56. The molecule has 4 fully saturated rings. The summed E-state index contributed by atoms with van der Waals surface area (Å²) in [5, 5.41) is 3.73. The van der Waals surface area contributed by atoms with Crippen molar-refractivity contribution in [2.24, 2.45) is 22.7 Å². The van der Waals surface area contributed by atoms with E-state index in [-0.39, 0.29) is 125 Å². The maximum atomic E-state index is 14.2. The average Bonchev–Trinajstić information content (AvgIpc) is 4.04.